The number of rotatable bonds is 5. The van der Waals surface area contributed by atoms with E-state index in [1.807, 2.05) is 0 Å². The van der Waals surface area contributed by atoms with E-state index in [-0.39, 0.29) is 13.2 Å². The van der Waals surface area contributed by atoms with Gasteiger partial charge in [-0.15, -0.1) is 10.1 Å². The Morgan fingerprint density at radius 3 is 2.69 bits per heavy atom. The molecule has 69 valence electrons. The van der Waals surface area contributed by atoms with E-state index in [9.17, 15) is 10.1 Å². The summed E-state index contributed by atoms with van der Waals surface area (Å²) >= 11 is 0. The Bertz CT molecular complexity index is 262. The molecule has 0 aliphatic heterocycles. The molecule has 0 aromatic heterocycles. The lowest BCUT2D eigenvalue weighted by molar-refractivity contribution is -0.757. The van der Waals surface area contributed by atoms with Crippen LogP contribution in [0.1, 0.15) is 0 Å². The lowest BCUT2D eigenvalue weighted by Crippen LogP contribution is -2.10. The van der Waals surface area contributed by atoms with Crippen LogP contribution in [0.5, 0.6) is 5.75 Å². The Morgan fingerprint density at radius 2 is 2.08 bits per heavy atom. The maximum atomic E-state index is 9.73. The minimum atomic E-state index is -0.845. The van der Waals surface area contributed by atoms with Crippen LogP contribution in [0.4, 0.5) is 0 Å². The zero-order chi connectivity index (χ0) is 9.52. The molecule has 0 atom stereocenters. The summed E-state index contributed by atoms with van der Waals surface area (Å²) in [4.78, 5) is 13.8. The van der Waals surface area contributed by atoms with Crippen molar-refractivity contribution in [2.24, 2.45) is 0 Å². The number of nitrogens with zero attached hydrogens (tertiary/aromatic N) is 1. The van der Waals surface area contributed by atoms with Crippen molar-refractivity contribution in [1.82, 2.24) is 0 Å². The zero-order valence-corrected chi connectivity index (χ0v) is 6.80. The standard InChI is InChI=1S/C8H8NO4/c10-9(11)13-7-6-12-8-4-2-1-3-5-8/h2-5H,6-7H2. The summed E-state index contributed by atoms with van der Waals surface area (Å²) in [5, 5.41) is 8.89. The van der Waals surface area contributed by atoms with Crippen molar-refractivity contribution < 1.29 is 14.7 Å². The molecule has 5 heteroatoms. The first-order chi connectivity index (χ1) is 6.29. The third kappa shape index (κ3) is 3.95. The second-order valence-corrected chi connectivity index (χ2v) is 2.14. The minimum Gasteiger partial charge on any atom is -0.492 e. The third-order valence-electron chi connectivity index (χ3n) is 1.24. The maximum absolute atomic E-state index is 9.73. The van der Waals surface area contributed by atoms with Crippen LogP contribution in [0.15, 0.2) is 24.3 Å². The topological polar surface area (TPSA) is 61.6 Å². The fourth-order valence-corrected chi connectivity index (χ4v) is 0.739. The van der Waals surface area contributed by atoms with Gasteiger partial charge in [0.15, 0.2) is 0 Å². The molecular weight excluding hydrogens is 174 g/mol. The SMILES string of the molecule is O=[N+]([O-])OCCOc1cc[c]cc1. The van der Waals surface area contributed by atoms with Crippen molar-refractivity contribution in [3.05, 3.63) is 40.4 Å². The smallest absolute Gasteiger partial charge is 0.294 e. The van der Waals surface area contributed by atoms with Crippen LogP contribution in [0.2, 0.25) is 0 Å². The van der Waals surface area contributed by atoms with E-state index in [0.717, 1.165) is 0 Å². The first-order valence-electron chi connectivity index (χ1n) is 3.65. The Labute approximate surface area is 75.0 Å². The Balaban J connectivity index is 2.17. The van der Waals surface area contributed by atoms with Gasteiger partial charge in [0.25, 0.3) is 5.09 Å². The van der Waals surface area contributed by atoms with Crippen molar-refractivity contribution in [1.29, 1.82) is 0 Å². The molecule has 0 amide bonds. The fourth-order valence-electron chi connectivity index (χ4n) is 0.739. The second-order valence-electron chi connectivity index (χ2n) is 2.14. The van der Waals surface area contributed by atoms with Crippen LogP contribution in [0, 0.1) is 16.2 Å². The molecular formula is C8H8NO4. The number of hydrogen-bond donors (Lipinski definition) is 0. The quantitative estimate of drug-likeness (QED) is 0.388. The second kappa shape index (κ2) is 4.97. The van der Waals surface area contributed by atoms with Gasteiger partial charge in [-0.3, -0.25) is 0 Å². The molecule has 0 spiro atoms. The monoisotopic (exact) mass is 182 g/mol. The van der Waals surface area contributed by atoms with E-state index in [4.69, 9.17) is 4.74 Å². The maximum Gasteiger partial charge on any atom is 0.294 e. The van der Waals surface area contributed by atoms with Crippen LogP contribution in [0.3, 0.4) is 0 Å². The normalized spacial score (nSPS) is 9.23. The summed E-state index contributed by atoms with van der Waals surface area (Å²) in [6, 6.07) is 9.65. The average molecular weight is 182 g/mol. The molecule has 1 radical (unpaired) electrons. The van der Waals surface area contributed by atoms with Crippen LogP contribution < -0.4 is 4.74 Å². The molecule has 0 aliphatic rings. The highest BCUT2D eigenvalue weighted by atomic mass is 17.0. The molecule has 1 rings (SSSR count). The Kier molecular flexibility index (Phi) is 3.56. The van der Waals surface area contributed by atoms with Crippen LogP contribution >= 0.6 is 0 Å². The van der Waals surface area contributed by atoms with E-state index in [0.29, 0.717) is 5.75 Å². The van der Waals surface area contributed by atoms with Gasteiger partial charge in [0.1, 0.15) is 19.0 Å². The molecule has 13 heavy (non-hydrogen) atoms. The number of benzene rings is 1. The van der Waals surface area contributed by atoms with Crippen molar-refractivity contribution >= 4 is 0 Å². The lowest BCUT2D eigenvalue weighted by atomic mass is 10.3. The molecule has 0 saturated carbocycles. The number of ether oxygens (including phenoxy) is 1. The van der Waals surface area contributed by atoms with Gasteiger partial charge in [-0.25, -0.2) is 0 Å². The van der Waals surface area contributed by atoms with Gasteiger partial charge in [0.2, 0.25) is 0 Å². The highest BCUT2D eigenvalue weighted by Crippen LogP contribution is 2.07. The van der Waals surface area contributed by atoms with Crippen molar-refractivity contribution in [2.75, 3.05) is 13.2 Å². The molecule has 0 N–H and O–H groups in total. The lowest BCUT2D eigenvalue weighted by Gasteiger charge is -2.03. The summed E-state index contributed by atoms with van der Waals surface area (Å²) in [5.74, 6) is 0.644. The van der Waals surface area contributed by atoms with E-state index < -0.39 is 5.09 Å². The molecule has 0 unspecified atom stereocenters. The average Bonchev–Trinajstić information content (AvgIpc) is 2.14. The van der Waals surface area contributed by atoms with Crippen molar-refractivity contribution in [2.45, 2.75) is 0 Å². The van der Waals surface area contributed by atoms with Gasteiger partial charge >= 0.3 is 0 Å². The fraction of sp³-hybridized carbons (Fsp3) is 0.250. The summed E-state index contributed by atoms with van der Waals surface area (Å²) in [6.07, 6.45) is 0. The summed E-state index contributed by atoms with van der Waals surface area (Å²) in [5.41, 5.74) is 0. The van der Waals surface area contributed by atoms with E-state index in [2.05, 4.69) is 10.9 Å². The largest absolute Gasteiger partial charge is 0.492 e. The molecule has 1 aromatic carbocycles. The zero-order valence-electron chi connectivity index (χ0n) is 6.80. The number of hydrogen-bond acceptors (Lipinski definition) is 4. The van der Waals surface area contributed by atoms with Gasteiger partial charge < -0.3 is 9.57 Å². The van der Waals surface area contributed by atoms with E-state index in [1.54, 1.807) is 24.3 Å². The van der Waals surface area contributed by atoms with Gasteiger partial charge in [-0.1, -0.05) is 12.1 Å². The molecule has 1 aromatic rings. The van der Waals surface area contributed by atoms with Gasteiger partial charge in [0, 0.05) is 0 Å². The molecule has 0 bridgehead atoms. The van der Waals surface area contributed by atoms with Gasteiger partial charge in [-0.2, -0.15) is 0 Å². The first-order valence-corrected chi connectivity index (χ1v) is 3.65. The first kappa shape index (κ1) is 9.31. The van der Waals surface area contributed by atoms with Gasteiger partial charge in [-0.05, 0) is 18.2 Å². The van der Waals surface area contributed by atoms with Crippen LogP contribution in [-0.4, -0.2) is 18.3 Å². The van der Waals surface area contributed by atoms with Crippen LogP contribution in [-0.2, 0) is 4.84 Å². The molecule has 0 aliphatic carbocycles. The van der Waals surface area contributed by atoms with Gasteiger partial charge in [0.05, 0.1) is 0 Å². The predicted molar refractivity (Wildman–Crippen MR) is 43.7 cm³/mol. The molecule has 0 heterocycles. The molecule has 5 nitrogen and oxygen atoms in total. The van der Waals surface area contributed by atoms with Crippen molar-refractivity contribution in [3.63, 3.8) is 0 Å². The van der Waals surface area contributed by atoms with Crippen LogP contribution in [0.25, 0.3) is 0 Å². The van der Waals surface area contributed by atoms with E-state index >= 15 is 0 Å². The predicted octanol–water partition coefficient (Wildman–Crippen LogP) is 1.07. The third-order valence-corrected chi connectivity index (χ3v) is 1.24. The van der Waals surface area contributed by atoms with E-state index in [1.165, 1.54) is 0 Å². The summed E-state index contributed by atoms with van der Waals surface area (Å²) in [7, 11) is 0. The molecule has 0 fully saturated rings. The summed E-state index contributed by atoms with van der Waals surface area (Å²) < 4.78 is 5.11. The Morgan fingerprint density at radius 1 is 1.38 bits per heavy atom. The van der Waals surface area contributed by atoms with Crippen molar-refractivity contribution in [3.8, 4) is 5.75 Å². The Hall–Kier alpha value is -1.78. The highest BCUT2D eigenvalue weighted by Gasteiger charge is 1.95. The molecule has 0 saturated heterocycles. The minimum absolute atomic E-state index is 0.0639. The summed E-state index contributed by atoms with van der Waals surface area (Å²) in [6.45, 7) is 0.0939. The highest BCUT2D eigenvalue weighted by molar-refractivity contribution is 5.20.